The minimum Gasteiger partial charge on any atom is -0.381 e. The second-order valence-electron chi connectivity index (χ2n) is 4.85. The molecule has 1 heterocycles. The molecule has 2 unspecified atom stereocenters. The van der Waals surface area contributed by atoms with Crippen LogP contribution in [0.5, 0.6) is 0 Å². The molecule has 1 saturated carbocycles. The van der Waals surface area contributed by atoms with Gasteiger partial charge in [-0.05, 0) is 44.1 Å². The Kier molecular flexibility index (Phi) is 4.42. The standard InChI is InChI=1S/C12H23NO2/c13-8-11-2-1-3-12(11)15-9-10-4-6-14-7-5-10/h10-12H,1-9,13H2. The lowest BCUT2D eigenvalue weighted by atomic mass is 10.0. The zero-order valence-electron chi connectivity index (χ0n) is 9.49. The van der Waals surface area contributed by atoms with Crippen LogP contribution in [-0.2, 0) is 9.47 Å². The maximum Gasteiger partial charge on any atom is 0.0615 e. The van der Waals surface area contributed by atoms with Crippen molar-refractivity contribution in [2.24, 2.45) is 17.6 Å². The fraction of sp³-hybridized carbons (Fsp3) is 1.00. The van der Waals surface area contributed by atoms with Crippen LogP contribution in [-0.4, -0.2) is 32.5 Å². The van der Waals surface area contributed by atoms with Gasteiger partial charge in [0.15, 0.2) is 0 Å². The van der Waals surface area contributed by atoms with E-state index in [1.807, 2.05) is 0 Å². The molecule has 2 aliphatic rings. The lowest BCUT2D eigenvalue weighted by Crippen LogP contribution is -2.29. The van der Waals surface area contributed by atoms with Crippen molar-refractivity contribution < 1.29 is 9.47 Å². The van der Waals surface area contributed by atoms with Crippen molar-refractivity contribution in [3.8, 4) is 0 Å². The molecule has 2 rings (SSSR count). The molecule has 2 N–H and O–H groups in total. The molecule has 0 aromatic carbocycles. The number of hydrogen-bond donors (Lipinski definition) is 1. The van der Waals surface area contributed by atoms with E-state index in [0.717, 1.165) is 32.3 Å². The Balaban J connectivity index is 1.67. The molecule has 88 valence electrons. The SMILES string of the molecule is NCC1CCCC1OCC1CCOCC1. The van der Waals surface area contributed by atoms with Gasteiger partial charge in [0.05, 0.1) is 6.10 Å². The maximum atomic E-state index is 6.01. The lowest BCUT2D eigenvalue weighted by Gasteiger charge is -2.25. The molecule has 0 spiro atoms. The van der Waals surface area contributed by atoms with E-state index in [-0.39, 0.29) is 0 Å². The first-order valence-electron chi connectivity index (χ1n) is 6.29. The molecule has 0 aromatic rings. The Morgan fingerprint density at radius 3 is 2.67 bits per heavy atom. The predicted molar refractivity (Wildman–Crippen MR) is 59.7 cm³/mol. The van der Waals surface area contributed by atoms with Crippen molar-refractivity contribution >= 4 is 0 Å². The summed E-state index contributed by atoms with van der Waals surface area (Å²) in [6.45, 7) is 3.54. The van der Waals surface area contributed by atoms with E-state index in [2.05, 4.69) is 0 Å². The molecular weight excluding hydrogens is 190 g/mol. The van der Waals surface area contributed by atoms with E-state index in [4.69, 9.17) is 15.2 Å². The Bertz CT molecular complexity index is 180. The van der Waals surface area contributed by atoms with E-state index >= 15 is 0 Å². The summed E-state index contributed by atoms with van der Waals surface area (Å²) in [5.41, 5.74) is 5.73. The molecule has 0 amide bonds. The zero-order chi connectivity index (χ0) is 10.5. The van der Waals surface area contributed by atoms with Gasteiger partial charge in [0, 0.05) is 19.8 Å². The highest BCUT2D eigenvalue weighted by Gasteiger charge is 2.27. The highest BCUT2D eigenvalue weighted by molar-refractivity contribution is 4.79. The largest absolute Gasteiger partial charge is 0.381 e. The van der Waals surface area contributed by atoms with Gasteiger partial charge in [-0.1, -0.05) is 6.42 Å². The maximum absolute atomic E-state index is 6.01. The molecule has 2 fully saturated rings. The van der Waals surface area contributed by atoms with Gasteiger partial charge in [-0.3, -0.25) is 0 Å². The third kappa shape index (κ3) is 3.16. The number of rotatable bonds is 4. The third-order valence-corrected chi connectivity index (χ3v) is 3.78. The molecule has 3 nitrogen and oxygen atoms in total. The summed E-state index contributed by atoms with van der Waals surface area (Å²) in [6.07, 6.45) is 6.54. The van der Waals surface area contributed by atoms with Crippen LogP contribution in [0.3, 0.4) is 0 Å². The highest BCUT2D eigenvalue weighted by Crippen LogP contribution is 2.28. The molecular formula is C12H23NO2. The van der Waals surface area contributed by atoms with Crippen LogP contribution in [0.25, 0.3) is 0 Å². The topological polar surface area (TPSA) is 44.5 Å². The van der Waals surface area contributed by atoms with Gasteiger partial charge in [-0.2, -0.15) is 0 Å². The van der Waals surface area contributed by atoms with Crippen LogP contribution in [0, 0.1) is 11.8 Å². The number of hydrogen-bond acceptors (Lipinski definition) is 3. The summed E-state index contributed by atoms with van der Waals surface area (Å²) in [7, 11) is 0. The summed E-state index contributed by atoms with van der Waals surface area (Å²) >= 11 is 0. The first-order valence-corrected chi connectivity index (χ1v) is 6.29. The number of nitrogens with two attached hydrogens (primary N) is 1. The summed E-state index contributed by atoms with van der Waals surface area (Å²) in [5.74, 6) is 1.34. The average molecular weight is 213 g/mol. The van der Waals surface area contributed by atoms with Gasteiger partial charge in [0.25, 0.3) is 0 Å². The summed E-state index contributed by atoms with van der Waals surface area (Å²) in [4.78, 5) is 0. The van der Waals surface area contributed by atoms with Crippen LogP contribution in [0.2, 0.25) is 0 Å². The first-order chi connectivity index (χ1) is 7.40. The van der Waals surface area contributed by atoms with E-state index in [0.29, 0.717) is 12.0 Å². The van der Waals surface area contributed by atoms with Crippen LogP contribution in [0.4, 0.5) is 0 Å². The van der Waals surface area contributed by atoms with Gasteiger partial charge in [-0.25, -0.2) is 0 Å². The van der Waals surface area contributed by atoms with Gasteiger partial charge in [0.1, 0.15) is 0 Å². The van der Waals surface area contributed by atoms with Crippen LogP contribution >= 0.6 is 0 Å². The van der Waals surface area contributed by atoms with Crippen molar-refractivity contribution in [2.75, 3.05) is 26.4 Å². The molecule has 1 aliphatic heterocycles. The smallest absolute Gasteiger partial charge is 0.0615 e. The average Bonchev–Trinajstić information content (AvgIpc) is 2.75. The molecule has 15 heavy (non-hydrogen) atoms. The lowest BCUT2D eigenvalue weighted by molar-refractivity contribution is -0.0224. The van der Waals surface area contributed by atoms with E-state index in [9.17, 15) is 0 Å². The van der Waals surface area contributed by atoms with Crippen LogP contribution in [0.1, 0.15) is 32.1 Å². The minimum absolute atomic E-state index is 0.442. The van der Waals surface area contributed by atoms with Crippen molar-refractivity contribution in [3.63, 3.8) is 0 Å². The van der Waals surface area contributed by atoms with E-state index in [1.54, 1.807) is 0 Å². The quantitative estimate of drug-likeness (QED) is 0.770. The van der Waals surface area contributed by atoms with Gasteiger partial charge in [-0.15, -0.1) is 0 Å². The fourth-order valence-electron chi connectivity index (χ4n) is 2.66. The van der Waals surface area contributed by atoms with E-state index < -0.39 is 0 Å². The van der Waals surface area contributed by atoms with Crippen molar-refractivity contribution in [1.29, 1.82) is 0 Å². The molecule has 2 atom stereocenters. The van der Waals surface area contributed by atoms with Crippen LogP contribution in [0.15, 0.2) is 0 Å². The predicted octanol–water partition coefficient (Wildman–Crippen LogP) is 1.56. The zero-order valence-corrected chi connectivity index (χ0v) is 9.49. The van der Waals surface area contributed by atoms with Gasteiger partial charge in [0.2, 0.25) is 0 Å². The summed E-state index contributed by atoms with van der Waals surface area (Å²) in [5, 5.41) is 0. The van der Waals surface area contributed by atoms with Crippen molar-refractivity contribution in [3.05, 3.63) is 0 Å². The van der Waals surface area contributed by atoms with Crippen molar-refractivity contribution in [2.45, 2.75) is 38.2 Å². The Hall–Kier alpha value is -0.120. The van der Waals surface area contributed by atoms with Gasteiger partial charge >= 0.3 is 0 Å². The summed E-state index contributed by atoms with van der Waals surface area (Å²) in [6, 6.07) is 0. The minimum atomic E-state index is 0.442. The molecule has 3 heteroatoms. The molecule has 0 bridgehead atoms. The molecule has 0 radical (unpaired) electrons. The summed E-state index contributed by atoms with van der Waals surface area (Å²) < 4.78 is 11.3. The molecule has 1 saturated heterocycles. The van der Waals surface area contributed by atoms with Crippen molar-refractivity contribution in [1.82, 2.24) is 0 Å². The monoisotopic (exact) mass is 213 g/mol. The van der Waals surface area contributed by atoms with Crippen LogP contribution < -0.4 is 5.73 Å². The second kappa shape index (κ2) is 5.83. The normalized spacial score (nSPS) is 33.4. The number of ether oxygens (including phenoxy) is 2. The van der Waals surface area contributed by atoms with Gasteiger partial charge < -0.3 is 15.2 Å². The Morgan fingerprint density at radius 2 is 1.93 bits per heavy atom. The molecule has 1 aliphatic carbocycles. The fourth-order valence-corrected chi connectivity index (χ4v) is 2.66. The Morgan fingerprint density at radius 1 is 1.13 bits per heavy atom. The third-order valence-electron chi connectivity index (χ3n) is 3.78. The first kappa shape index (κ1) is 11.4. The molecule has 0 aromatic heterocycles. The highest BCUT2D eigenvalue weighted by atomic mass is 16.5. The van der Waals surface area contributed by atoms with E-state index in [1.165, 1.54) is 32.1 Å². The Labute approximate surface area is 92.3 Å². The second-order valence-corrected chi connectivity index (χ2v) is 4.85.